The Balaban J connectivity index is 2.45. The molecule has 1 aliphatic heterocycles. The quantitative estimate of drug-likeness (QED) is 0.469. The second-order valence-electron chi connectivity index (χ2n) is 6.66. The average molecular weight is 358 g/mol. The summed E-state index contributed by atoms with van der Waals surface area (Å²) in [5.74, 6) is 5.28. The predicted octanol–water partition coefficient (Wildman–Crippen LogP) is 3.78. The van der Waals surface area contributed by atoms with Crippen LogP contribution in [0.4, 0.5) is 17.6 Å². The van der Waals surface area contributed by atoms with E-state index in [1.54, 1.807) is 34.6 Å². The third kappa shape index (κ3) is 3.91. The Bertz CT molecular complexity index is 725. The summed E-state index contributed by atoms with van der Waals surface area (Å²) < 4.78 is 67.2. The van der Waals surface area contributed by atoms with Gasteiger partial charge < -0.3 is 9.31 Å². The molecular weight excluding hydrogens is 339 g/mol. The summed E-state index contributed by atoms with van der Waals surface area (Å²) in [6, 6.07) is 0. The SMILES string of the molecule is CC#CCn1cc(C(=C(F)B2OC(C)(C)C(C)(C)O2)C(F)(F)F)cn1. The van der Waals surface area contributed by atoms with Crippen LogP contribution in [0, 0.1) is 11.8 Å². The van der Waals surface area contributed by atoms with Crippen molar-refractivity contribution in [1.29, 1.82) is 0 Å². The Morgan fingerprint density at radius 1 is 1.24 bits per heavy atom. The van der Waals surface area contributed by atoms with E-state index in [0.717, 1.165) is 12.4 Å². The van der Waals surface area contributed by atoms with Gasteiger partial charge in [0.1, 0.15) is 12.3 Å². The molecule has 1 aliphatic rings. The molecule has 0 saturated carbocycles. The fourth-order valence-electron chi connectivity index (χ4n) is 2.24. The third-order valence-electron chi connectivity index (χ3n) is 4.32. The summed E-state index contributed by atoms with van der Waals surface area (Å²) in [5, 5.41) is 3.79. The molecule has 1 saturated heterocycles. The Morgan fingerprint density at radius 3 is 2.28 bits per heavy atom. The number of alkyl halides is 3. The smallest absolute Gasteiger partial charge is 0.398 e. The zero-order valence-electron chi connectivity index (χ0n) is 14.7. The van der Waals surface area contributed by atoms with Gasteiger partial charge in [0.15, 0.2) is 0 Å². The van der Waals surface area contributed by atoms with Gasteiger partial charge in [0.05, 0.1) is 23.0 Å². The number of hydrogen-bond donors (Lipinski definition) is 0. The fraction of sp³-hybridized carbons (Fsp3) is 0.562. The van der Waals surface area contributed by atoms with E-state index < -0.39 is 41.4 Å². The zero-order chi connectivity index (χ0) is 19.0. The molecule has 25 heavy (non-hydrogen) atoms. The summed E-state index contributed by atoms with van der Waals surface area (Å²) in [6.07, 6.45) is -2.89. The lowest BCUT2D eigenvalue weighted by Gasteiger charge is -2.32. The molecule has 0 unspecified atom stereocenters. The first kappa shape index (κ1) is 19.5. The van der Waals surface area contributed by atoms with Crippen molar-refractivity contribution in [1.82, 2.24) is 9.78 Å². The van der Waals surface area contributed by atoms with E-state index in [1.165, 1.54) is 4.68 Å². The average Bonchev–Trinajstić information content (AvgIpc) is 2.98. The summed E-state index contributed by atoms with van der Waals surface area (Å²) >= 11 is 0. The van der Waals surface area contributed by atoms with Gasteiger partial charge in [-0.15, -0.1) is 5.92 Å². The van der Waals surface area contributed by atoms with Gasteiger partial charge in [0.2, 0.25) is 0 Å². The van der Waals surface area contributed by atoms with Gasteiger partial charge in [-0.3, -0.25) is 4.68 Å². The Labute approximate surface area is 144 Å². The van der Waals surface area contributed by atoms with E-state index in [0.29, 0.717) is 0 Å². The summed E-state index contributed by atoms with van der Waals surface area (Å²) in [6.45, 7) is 8.25. The van der Waals surface area contributed by atoms with Gasteiger partial charge in [-0.2, -0.15) is 18.3 Å². The molecule has 0 aliphatic carbocycles. The molecule has 0 spiro atoms. The van der Waals surface area contributed by atoms with Crippen molar-refractivity contribution in [2.24, 2.45) is 0 Å². The monoisotopic (exact) mass is 358 g/mol. The van der Waals surface area contributed by atoms with Crippen LogP contribution in [0.15, 0.2) is 18.1 Å². The number of aromatic nitrogens is 2. The molecule has 1 fully saturated rings. The molecule has 0 amide bonds. The molecule has 0 bridgehead atoms. The lowest BCUT2D eigenvalue weighted by atomic mass is 9.83. The van der Waals surface area contributed by atoms with Crippen molar-refractivity contribution in [3.05, 3.63) is 23.7 Å². The van der Waals surface area contributed by atoms with Crippen molar-refractivity contribution in [2.45, 2.75) is 58.5 Å². The van der Waals surface area contributed by atoms with Crippen LogP contribution in [0.5, 0.6) is 0 Å². The molecule has 0 atom stereocenters. The van der Waals surface area contributed by atoms with Crippen LogP contribution in [0.3, 0.4) is 0 Å². The van der Waals surface area contributed by atoms with Crippen molar-refractivity contribution in [2.75, 3.05) is 0 Å². The minimum absolute atomic E-state index is 0.111. The molecule has 0 radical (unpaired) electrons. The van der Waals surface area contributed by atoms with Gasteiger partial charge in [-0.25, -0.2) is 4.39 Å². The van der Waals surface area contributed by atoms with Gasteiger partial charge in [-0.1, -0.05) is 5.92 Å². The van der Waals surface area contributed by atoms with Crippen LogP contribution in [-0.4, -0.2) is 34.3 Å². The van der Waals surface area contributed by atoms with Crippen molar-refractivity contribution < 1.29 is 26.9 Å². The van der Waals surface area contributed by atoms with Gasteiger partial charge in [0.25, 0.3) is 0 Å². The van der Waals surface area contributed by atoms with Gasteiger partial charge >= 0.3 is 13.3 Å². The number of nitrogens with zero attached hydrogens (tertiary/aromatic N) is 2. The highest BCUT2D eigenvalue weighted by molar-refractivity contribution is 6.55. The number of halogens is 4. The first-order chi connectivity index (χ1) is 11.4. The summed E-state index contributed by atoms with van der Waals surface area (Å²) in [7, 11) is -1.74. The highest BCUT2D eigenvalue weighted by Crippen LogP contribution is 2.43. The van der Waals surface area contributed by atoms with Crippen molar-refractivity contribution in [3.63, 3.8) is 0 Å². The number of hydrogen-bond acceptors (Lipinski definition) is 3. The standard InChI is InChI=1S/C16H19BF4N2O2/c1-6-7-8-23-10-11(9-22-23)12(16(19,20)21)13(18)17-24-14(2,3)15(4,5)25-17/h9-10H,8H2,1-5H3. The maximum absolute atomic E-state index is 14.7. The molecule has 0 N–H and O–H groups in total. The fourth-order valence-corrected chi connectivity index (χ4v) is 2.24. The van der Waals surface area contributed by atoms with E-state index in [4.69, 9.17) is 9.31 Å². The van der Waals surface area contributed by atoms with E-state index >= 15 is 0 Å². The minimum Gasteiger partial charge on any atom is -0.398 e. The van der Waals surface area contributed by atoms with E-state index in [-0.39, 0.29) is 6.54 Å². The zero-order valence-corrected chi connectivity index (χ0v) is 14.7. The van der Waals surface area contributed by atoms with Crippen LogP contribution >= 0.6 is 0 Å². The molecule has 1 aromatic rings. The van der Waals surface area contributed by atoms with Crippen LogP contribution in [0.25, 0.3) is 5.57 Å². The maximum Gasteiger partial charge on any atom is 0.525 e. The second kappa shape index (κ2) is 6.50. The van der Waals surface area contributed by atoms with Crippen LogP contribution in [0.1, 0.15) is 40.2 Å². The molecule has 136 valence electrons. The maximum atomic E-state index is 14.7. The Morgan fingerprint density at radius 2 is 1.80 bits per heavy atom. The molecular formula is C16H19BF4N2O2. The largest absolute Gasteiger partial charge is 0.525 e. The lowest BCUT2D eigenvalue weighted by Crippen LogP contribution is -2.41. The highest BCUT2D eigenvalue weighted by Gasteiger charge is 2.55. The summed E-state index contributed by atoms with van der Waals surface area (Å²) in [5.41, 5.74) is -5.29. The van der Waals surface area contributed by atoms with Gasteiger partial charge in [0, 0.05) is 11.8 Å². The van der Waals surface area contributed by atoms with Crippen LogP contribution in [0.2, 0.25) is 0 Å². The van der Waals surface area contributed by atoms with E-state index in [1.807, 2.05) is 0 Å². The Kier molecular flexibility index (Phi) is 5.08. The third-order valence-corrected chi connectivity index (χ3v) is 4.32. The first-order valence-electron chi connectivity index (χ1n) is 7.64. The van der Waals surface area contributed by atoms with Crippen LogP contribution in [-0.2, 0) is 15.9 Å². The van der Waals surface area contributed by atoms with Crippen molar-refractivity contribution >= 4 is 12.7 Å². The minimum atomic E-state index is -4.93. The number of allylic oxidation sites excluding steroid dienone is 1. The topological polar surface area (TPSA) is 36.3 Å². The second-order valence-corrected chi connectivity index (χ2v) is 6.66. The molecule has 9 heteroatoms. The van der Waals surface area contributed by atoms with E-state index in [2.05, 4.69) is 16.9 Å². The summed E-state index contributed by atoms with van der Waals surface area (Å²) in [4.78, 5) is 0. The Hall–Kier alpha value is -1.79. The predicted molar refractivity (Wildman–Crippen MR) is 85.8 cm³/mol. The first-order valence-corrected chi connectivity index (χ1v) is 7.64. The lowest BCUT2D eigenvalue weighted by molar-refractivity contribution is -0.0699. The normalized spacial score (nSPS) is 20.1. The van der Waals surface area contributed by atoms with E-state index in [9.17, 15) is 17.6 Å². The highest BCUT2D eigenvalue weighted by atomic mass is 19.4. The molecule has 1 aromatic heterocycles. The van der Waals surface area contributed by atoms with Crippen LogP contribution < -0.4 is 0 Å². The molecule has 0 aromatic carbocycles. The molecule has 2 rings (SSSR count). The van der Waals surface area contributed by atoms with Gasteiger partial charge in [-0.05, 0) is 34.6 Å². The molecule has 4 nitrogen and oxygen atoms in total. The molecule has 2 heterocycles. The van der Waals surface area contributed by atoms with Crippen molar-refractivity contribution in [3.8, 4) is 11.8 Å². The number of rotatable bonds is 3.